The van der Waals surface area contributed by atoms with Crippen molar-refractivity contribution in [3.05, 3.63) is 64.1 Å². The second-order valence-corrected chi connectivity index (χ2v) is 4.31. The third kappa shape index (κ3) is 2.91. The lowest BCUT2D eigenvalue weighted by Crippen LogP contribution is -2.28. The van der Waals surface area contributed by atoms with Gasteiger partial charge in [-0.3, -0.25) is 9.59 Å². The molecule has 0 aliphatic rings. The van der Waals surface area contributed by atoms with Gasteiger partial charge in [-0.25, -0.2) is 0 Å². The van der Waals surface area contributed by atoms with Crippen LogP contribution in [0.3, 0.4) is 0 Å². The first-order chi connectivity index (χ1) is 9.11. The van der Waals surface area contributed by atoms with Gasteiger partial charge in [0.25, 0.3) is 5.91 Å². The van der Waals surface area contributed by atoms with E-state index in [1.54, 1.807) is 19.2 Å². The van der Waals surface area contributed by atoms with E-state index in [9.17, 15) is 9.59 Å². The maximum Gasteiger partial charge on any atom is 0.274 e. The Balaban J connectivity index is 2.25. The number of nitrogens with one attached hydrogen (secondary N) is 1. The highest BCUT2D eigenvalue weighted by Gasteiger charge is 2.13. The molecule has 0 aliphatic heterocycles. The van der Waals surface area contributed by atoms with Gasteiger partial charge >= 0.3 is 0 Å². The van der Waals surface area contributed by atoms with Crippen molar-refractivity contribution >= 4 is 11.6 Å². The van der Waals surface area contributed by atoms with Crippen molar-refractivity contribution in [2.24, 2.45) is 0 Å². The highest BCUT2D eigenvalue weighted by atomic mass is 16.2. The molecule has 2 aromatic rings. The zero-order chi connectivity index (χ0) is 13.8. The summed E-state index contributed by atoms with van der Waals surface area (Å²) in [7, 11) is 1.69. The Kier molecular flexibility index (Phi) is 3.80. The highest BCUT2D eigenvalue weighted by Crippen LogP contribution is 2.15. The second kappa shape index (κ2) is 5.52. The average molecular weight is 256 g/mol. The Morgan fingerprint density at radius 1 is 1.16 bits per heavy atom. The Labute approximate surface area is 111 Å². The molecule has 4 nitrogen and oxygen atoms in total. The Morgan fingerprint density at radius 3 is 2.42 bits per heavy atom. The van der Waals surface area contributed by atoms with Gasteiger partial charge in [-0.2, -0.15) is 0 Å². The minimum atomic E-state index is -0.277. The molecule has 1 aromatic heterocycles. The number of hydrogen-bond acceptors (Lipinski definition) is 2. The van der Waals surface area contributed by atoms with Gasteiger partial charge in [0, 0.05) is 18.8 Å². The maximum absolute atomic E-state index is 12.2. The standard InChI is InChI=1S/C15H16N2O2/c1-3-11-7-9-12(10-8-11)17(2)15(19)13-5-4-6-14(18)16-13/h4-10H,3H2,1-2H3,(H,16,18). The van der Waals surface area contributed by atoms with E-state index in [4.69, 9.17) is 0 Å². The van der Waals surface area contributed by atoms with Crippen LogP contribution >= 0.6 is 0 Å². The molecule has 98 valence electrons. The van der Waals surface area contributed by atoms with E-state index < -0.39 is 0 Å². The van der Waals surface area contributed by atoms with Crippen LogP contribution in [0.25, 0.3) is 0 Å². The first-order valence-electron chi connectivity index (χ1n) is 6.18. The van der Waals surface area contributed by atoms with E-state index in [2.05, 4.69) is 11.9 Å². The fourth-order valence-electron chi connectivity index (χ4n) is 1.83. The number of benzene rings is 1. The zero-order valence-electron chi connectivity index (χ0n) is 11.0. The molecule has 0 aliphatic carbocycles. The van der Waals surface area contributed by atoms with Crippen molar-refractivity contribution in [2.45, 2.75) is 13.3 Å². The number of nitrogens with zero attached hydrogens (tertiary/aromatic N) is 1. The molecule has 0 bridgehead atoms. The summed E-state index contributed by atoms with van der Waals surface area (Å²) in [5, 5.41) is 0. The summed E-state index contributed by atoms with van der Waals surface area (Å²) < 4.78 is 0. The van der Waals surface area contributed by atoms with Gasteiger partial charge in [0.15, 0.2) is 0 Å². The highest BCUT2D eigenvalue weighted by molar-refractivity contribution is 6.04. The third-order valence-electron chi connectivity index (χ3n) is 3.04. The summed E-state index contributed by atoms with van der Waals surface area (Å²) in [5.74, 6) is -0.234. The second-order valence-electron chi connectivity index (χ2n) is 4.31. The molecule has 0 unspecified atom stereocenters. The number of amides is 1. The largest absolute Gasteiger partial charge is 0.318 e. The quantitative estimate of drug-likeness (QED) is 0.915. The number of H-pyrrole nitrogens is 1. The van der Waals surface area contributed by atoms with Crippen LogP contribution in [0.5, 0.6) is 0 Å². The molecular formula is C15H16N2O2. The fraction of sp³-hybridized carbons (Fsp3) is 0.200. The summed E-state index contributed by atoms with van der Waals surface area (Å²) in [4.78, 5) is 27.5. The monoisotopic (exact) mass is 256 g/mol. The van der Waals surface area contributed by atoms with Crippen molar-refractivity contribution < 1.29 is 4.79 Å². The summed E-state index contributed by atoms with van der Waals surface area (Å²) in [6.45, 7) is 2.08. The van der Waals surface area contributed by atoms with E-state index >= 15 is 0 Å². The van der Waals surface area contributed by atoms with E-state index in [-0.39, 0.29) is 17.2 Å². The minimum Gasteiger partial charge on any atom is -0.318 e. The SMILES string of the molecule is CCc1ccc(N(C)C(=O)c2cccc(=O)[nH]2)cc1. The Bertz CT molecular complexity index is 629. The van der Waals surface area contributed by atoms with Crippen molar-refractivity contribution in [3.63, 3.8) is 0 Å². The van der Waals surface area contributed by atoms with Gasteiger partial charge in [-0.05, 0) is 30.2 Å². The number of aromatic nitrogens is 1. The van der Waals surface area contributed by atoms with Gasteiger partial charge in [0.2, 0.25) is 5.56 Å². The Hall–Kier alpha value is -2.36. The van der Waals surface area contributed by atoms with Crippen LogP contribution in [0.4, 0.5) is 5.69 Å². The van der Waals surface area contributed by atoms with E-state index in [0.717, 1.165) is 12.1 Å². The molecule has 0 spiro atoms. The van der Waals surface area contributed by atoms with E-state index in [1.807, 2.05) is 24.3 Å². The average Bonchev–Trinajstić information content (AvgIpc) is 2.46. The van der Waals surface area contributed by atoms with Crippen LogP contribution in [0.15, 0.2) is 47.3 Å². The van der Waals surface area contributed by atoms with Crippen molar-refractivity contribution in [1.82, 2.24) is 4.98 Å². The lowest BCUT2D eigenvalue weighted by atomic mass is 10.1. The van der Waals surface area contributed by atoms with Crippen LogP contribution in [0, 0.1) is 0 Å². The van der Waals surface area contributed by atoms with Gasteiger partial charge in [0.05, 0.1) is 0 Å². The number of hydrogen-bond donors (Lipinski definition) is 1. The number of anilines is 1. The molecule has 0 fully saturated rings. The van der Waals surface area contributed by atoms with Crippen molar-refractivity contribution in [2.75, 3.05) is 11.9 Å². The normalized spacial score (nSPS) is 10.2. The molecular weight excluding hydrogens is 240 g/mol. The number of carbonyl (C=O) groups is 1. The van der Waals surface area contributed by atoms with Gasteiger partial charge < -0.3 is 9.88 Å². The molecule has 1 amide bonds. The molecule has 1 aromatic carbocycles. The number of pyridine rings is 1. The van der Waals surface area contributed by atoms with Crippen LogP contribution in [-0.4, -0.2) is 17.9 Å². The number of rotatable bonds is 3. The number of aryl methyl sites for hydroxylation is 1. The minimum absolute atomic E-state index is 0.234. The number of carbonyl (C=O) groups excluding carboxylic acids is 1. The first kappa shape index (κ1) is 13.1. The van der Waals surface area contributed by atoms with E-state index in [1.165, 1.54) is 16.5 Å². The predicted octanol–water partition coefficient (Wildman–Crippen LogP) is 2.21. The molecule has 2 rings (SSSR count). The lowest BCUT2D eigenvalue weighted by molar-refractivity contribution is 0.0988. The van der Waals surface area contributed by atoms with Crippen molar-refractivity contribution in [1.29, 1.82) is 0 Å². The molecule has 4 heteroatoms. The molecule has 19 heavy (non-hydrogen) atoms. The topological polar surface area (TPSA) is 53.2 Å². The lowest BCUT2D eigenvalue weighted by Gasteiger charge is -2.17. The molecule has 0 radical (unpaired) electrons. The molecule has 0 saturated heterocycles. The maximum atomic E-state index is 12.2. The summed E-state index contributed by atoms with van der Waals surface area (Å²) in [5.41, 5.74) is 2.03. The van der Waals surface area contributed by atoms with Crippen molar-refractivity contribution in [3.8, 4) is 0 Å². The van der Waals surface area contributed by atoms with Crippen LogP contribution in [-0.2, 0) is 6.42 Å². The van der Waals surface area contributed by atoms with E-state index in [0.29, 0.717) is 0 Å². The summed E-state index contributed by atoms with van der Waals surface area (Å²) in [6.07, 6.45) is 0.962. The molecule has 1 heterocycles. The Morgan fingerprint density at radius 2 is 1.84 bits per heavy atom. The summed E-state index contributed by atoms with van der Waals surface area (Å²) in [6, 6.07) is 12.3. The number of aromatic amines is 1. The molecule has 1 N–H and O–H groups in total. The molecule has 0 atom stereocenters. The predicted molar refractivity (Wildman–Crippen MR) is 75.6 cm³/mol. The third-order valence-corrected chi connectivity index (χ3v) is 3.04. The van der Waals surface area contributed by atoms with Crippen LogP contribution in [0.1, 0.15) is 23.0 Å². The summed E-state index contributed by atoms with van der Waals surface area (Å²) >= 11 is 0. The first-order valence-corrected chi connectivity index (χ1v) is 6.18. The fourth-order valence-corrected chi connectivity index (χ4v) is 1.83. The molecule has 0 saturated carbocycles. The van der Waals surface area contributed by atoms with Crippen LogP contribution in [0.2, 0.25) is 0 Å². The zero-order valence-corrected chi connectivity index (χ0v) is 11.0. The van der Waals surface area contributed by atoms with Gasteiger partial charge in [-0.1, -0.05) is 25.1 Å². The smallest absolute Gasteiger partial charge is 0.274 e. The van der Waals surface area contributed by atoms with Gasteiger partial charge in [0.1, 0.15) is 5.69 Å². The van der Waals surface area contributed by atoms with Crippen LogP contribution < -0.4 is 10.5 Å². The van der Waals surface area contributed by atoms with Gasteiger partial charge in [-0.15, -0.1) is 0 Å².